The zero-order valence-electron chi connectivity index (χ0n) is 13.7. The van der Waals surface area contributed by atoms with Gasteiger partial charge in [0.05, 0.1) is 22.5 Å². The van der Waals surface area contributed by atoms with E-state index in [-0.39, 0.29) is 0 Å². The first-order valence-electron chi connectivity index (χ1n) is 8.59. The van der Waals surface area contributed by atoms with E-state index in [1.165, 1.54) is 51.6 Å². The van der Waals surface area contributed by atoms with Gasteiger partial charge in [0, 0.05) is 4.90 Å². The van der Waals surface area contributed by atoms with Crippen molar-refractivity contribution in [1.82, 2.24) is 0 Å². The normalized spacial score (nSPS) is 15.6. The quantitative estimate of drug-likeness (QED) is 0.401. The molecule has 2 aliphatic rings. The van der Waals surface area contributed by atoms with Crippen LogP contribution in [0.15, 0.2) is 62.9 Å². The van der Waals surface area contributed by atoms with Gasteiger partial charge in [-0.2, -0.15) is 0 Å². The van der Waals surface area contributed by atoms with Crippen LogP contribution < -0.4 is 4.90 Å². The Morgan fingerprint density at radius 1 is 0.875 bits per heavy atom. The molecule has 3 heteroatoms. The maximum absolute atomic E-state index is 5.91. The summed E-state index contributed by atoms with van der Waals surface area (Å²) in [6.07, 6.45) is 6.74. The van der Waals surface area contributed by atoms with Gasteiger partial charge in [-0.15, -0.1) is 0 Å². The second-order valence-corrected chi connectivity index (χ2v) is 7.64. The minimum atomic E-state index is 0.954. The molecule has 2 heterocycles. The lowest BCUT2D eigenvalue weighted by Crippen LogP contribution is -2.18. The molecule has 2 aromatic carbocycles. The van der Waals surface area contributed by atoms with Crippen molar-refractivity contribution in [2.75, 3.05) is 4.90 Å². The van der Waals surface area contributed by atoms with E-state index in [9.17, 15) is 0 Å². The number of aryl methyl sites for hydroxylation is 1. The van der Waals surface area contributed by atoms with E-state index in [0.29, 0.717) is 0 Å². The van der Waals surface area contributed by atoms with E-state index in [2.05, 4.69) is 54.3 Å². The summed E-state index contributed by atoms with van der Waals surface area (Å²) in [4.78, 5) is 4.81. The van der Waals surface area contributed by atoms with Crippen molar-refractivity contribution in [3.8, 4) is 0 Å². The lowest BCUT2D eigenvalue weighted by Gasteiger charge is -2.33. The lowest BCUT2D eigenvalue weighted by molar-refractivity contribution is 0.567. The molecule has 3 aromatic rings. The number of fused-ring (bicyclic) bond motifs is 3. The minimum absolute atomic E-state index is 0.954. The van der Waals surface area contributed by atoms with Crippen LogP contribution in [0.2, 0.25) is 0 Å². The predicted molar refractivity (Wildman–Crippen MR) is 98.9 cm³/mol. The van der Waals surface area contributed by atoms with Crippen molar-refractivity contribution < 1.29 is 4.42 Å². The highest BCUT2D eigenvalue weighted by molar-refractivity contribution is 7.99. The Morgan fingerprint density at radius 2 is 1.71 bits per heavy atom. The third-order valence-corrected chi connectivity index (χ3v) is 6.22. The lowest BCUT2D eigenvalue weighted by atomic mass is 9.87. The number of hydrogen-bond donors (Lipinski definition) is 0. The molecule has 5 rings (SSSR count). The van der Waals surface area contributed by atoms with Gasteiger partial charge >= 0.3 is 0 Å². The van der Waals surface area contributed by atoms with E-state index in [1.807, 2.05) is 0 Å². The average Bonchev–Trinajstić information content (AvgIpc) is 3.09. The molecule has 0 fully saturated rings. The molecule has 0 bridgehead atoms. The van der Waals surface area contributed by atoms with Crippen molar-refractivity contribution in [2.45, 2.75) is 42.4 Å². The Labute approximate surface area is 146 Å². The van der Waals surface area contributed by atoms with E-state index in [4.69, 9.17) is 4.42 Å². The molecule has 24 heavy (non-hydrogen) atoms. The fourth-order valence-electron chi connectivity index (χ4n) is 3.96. The van der Waals surface area contributed by atoms with Crippen LogP contribution in [0.5, 0.6) is 0 Å². The molecule has 2 nitrogen and oxygen atoms in total. The molecule has 0 atom stereocenters. The molecule has 0 saturated heterocycles. The van der Waals surface area contributed by atoms with Crippen LogP contribution in [-0.4, -0.2) is 0 Å². The third kappa shape index (κ3) is 2.04. The fraction of sp³-hybridized carbons (Fsp3) is 0.238. The van der Waals surface area contributed by atoms with Crippen molar-refractivity contribution in [3.05, 3.63) is 65.4 Å². The molecule has 0 radical (unpaired) electrons. The van der Waals surface area contributed by atoms with Crippen LogP contribution in [0, 0.1) is 6.92 Å². The highest BCUT2D eigenvalue weighted by Gasteiger charge is 2.30. The van der Waals surface area contributed by atoms with Crippen molar-refractivity contribution in [3.63, 3.8) is 0 Å². The summed E-state index contributed by atoms with van der Waals surface area (Å²) in [5.74, 6) is 0.954. The number of nitrogens with zero attached hydrogens (tertiary/aromatic N) is 1. The highest BCUT2D eigenvalue weighted by Crippen LogP contribution is 2.53. The summed E-state index contributed by atoms with van der Waals surface area (Å²) >= 11 is 1.79. The van der Waals surface area contributed by atoms with Gasteiger partial charge in [-0.05, 0) is 73.6 Å². The second-order valence-electron chi connectivity index (χ2n) is 6.56. The van der Waals surface area contributed by atoms with Gasteiger partial charge in [0.25, 0.3) is 0 Å². The molecule has 120 valence electrons. The topological polar surface area (TPSA) is 16.4 Å². The largest absolute Gasteiger partial charge is 0.447 e. The summed E-state index contributed by atoms with van der Waals surface area (Å²) < 4.78 is 5.91. The van der Waals surface area contributed by atoms with Crippen LogP contribution in [0.4, 0.5) is 17.3 Å². The van der Waals surface area contributed by atoms with Crippen LogP contribution in [0.3, 0.4) is 0 Å². The number of anilines is 3. The standard InChI is InChI=1S/C21H19NOS/c1-14-10-11-17(16-7-3-2-6-15(14)16)22-18-8-4-5-9-19(18)24-20-12-13-23-21(20)22/h4-5,8-13H,2-3,6-7H2,1H3. The highest BCUT2D eigenvalue weighted by atomic mass is 32.2. The molecule has 0 unspecified atom stereocenters. The van der Waals surface area contributed by atoms with E-state index in [1.54, 1.807) is 23.6 Å². The molecular weight excluding hydrogens is 314 g/mol. The number of hydrogen-bond acceptors (Lipinski definition) is 3. The van der Waals surface area contributed by atoms with Crippen LogP contribution in [0.25, 0.3) is 0 Å². The molecule has 0 amide bonds. The molecule has 0 N–H and O–H groups in total. The number of rotatable bonds is 1. The Bertz CT molecular complexity index is 927. The summed E-state index contributed by atoms with van der Waals surface area (Å²) in [5.41, 5.74) is 6.99. The monoisotopic (exact) mass is 333 g/mol. The number of furan rings is 1. The minimum Gasteiger partial charge on any atom is -0.447 e. The van der Waals surface area contributed by atoms with Gasteiger partial charge in [-0.25, -0.2) is 0 Å². The molecule has 1 aromatic heterocycles. The molecule has 1 aliphatic heterocycles. The van der Waals surface area contributed by atoms with Crippen LogP contribution in [-0.2, 0) is 12.8 Å². The Morgan fingerprint density at radius 3 is 2.62 bits per heavy atom. The first-order valence-corrected chi connectivity index (χ1v) is 9.40. The van der Waals surface area contributed by atoms with Gasteiger partial charge in [-0.3, -0.25) is 4.90 Å². The summed E-state index contributed by atoms with van der Waals surface area (Å²) in [5, 5.41) is 0. The zero-order valence-corrected chi connectivity index (χ0v) is 14.5. The Hall–Kier alpha value is -2.13. The van der Waals surface area contributed by atoms with Gasteiger partial charge in [-0.1, -0.05) is 30.0 Å². The first kappa shape index (κ1) is 14.2. The van der Waals surface area contributed by atoms with Gasteiger partial charge in [0.2, 0.25) is 5.88 Å². The Balaban J connectivity index is 1.77. The predicted octanol–water partition coefficient (Wildman–Crippen LogP) is 6.40. The molecule has 1 aliphatic carbocycles. The van der Waals surface area contributed by atoms with Gasteiger partial charge in [0.15, 0.2) is 0 Å². The molecule has 0 spiro atoms. The zero-order chi connectivity index (χ0) is 16.1. The van der Waals surface area contributed by atoms with E-state index >= 15 is 0 Å². The van der Waals surface area contributed by atoms with Crippen LogP contribution >= 0.6 is 11.8 Å². The fourth-order valence-corrected chi connectivity index (χ4v) is 4.96. The summed E-state index contributed by atoms with van der Waals surface area (Å²) in [6, 6.07) is 15.2. The third-order valence-electron chi connectivity index (χ3n) is 5.12. The van der Waals surface area contributed by atoms with E-state index < -0.39 is 0 Å². The molecular formula is C21H19NOS. The average molecular weight is 333 g/mol. The maximum atomic E-state index is 5.91. The van der Waals surface area contributed by atoms with Crippen molar-refractivity contribution in [1.29, 1.82) is 0 Å². The summed E-state index contributed by atoms with van der Waals surface area (Å²) in [7, 11) is 0. The van der Waals surface area contributed by atoms with Crippen molar-refractivity contribution in [2.24, 2.45) is 0 Å². The smallest absolute Gasteiger partial charge is 0.218 e. The van der Waals surface area contributed by atoms with Gasteiger partial charge < -0.3 is 4.42 Å². The summed E-state index contributed by atoms with van der Waals surface area (Å²) in [6.45, 7) is 2.24. The number of benzene rings is 2. The van der Waals surface area contributed by atoms with Gasteiger partial charge in [0.1, 0.15) is 0 Å². The Kier molecular flexibility index (Phi) is 3.23. The second kappa shape index (κ2) is 5.45. The molecule has 0 saturated carbocycles. The maximum Gasteiger partial charge on any atom is 0.218 e. The number of para-hydroxylation sites is 1. The first-order chi connectivity index (χ1) is 11.8. The van der Waals surface area contributed by atoms with Crippen molar-refractivity contribution >= 4 is 29.0 Å². The van der Waals surface area contributed by atoms with Crippen LogP contribution in [0.1, 0.15) is 29.5 Å². The van der Waals surface area contributed by atoms with E-state index in [0.717, 1.165) is 12.3 Å². The SMILES string of the molecule is Cc1ccc(N2c3ccccc3Sc3ccoc32)c2c1CCCC2.